The fourth-order valence-corrected chi connectivity index (χ4v) is 6.39. The maximum Gasteiger partial charge on any atom is 0.338 e. The number of carbonyl (C=O) groups is 1. The van der Waals surface area contributed by atoms with E-state index < -0.39 is 16.9 Å². The molecular formula is C31H26IN3O6S. The van der Waals surface area contributed by atoms with Gasteiger partial charge >= 0.3 is 5.97 Å². The molecule has 9 nitrogen and oxygen atoms in total. The molecule has 0 fully saturated rings. The molecular weight excluding hydrogens is 669 g/mol. The number of fused-ring (bicyclic) bond motifs is 1. The number of aromatic nitrogens is 1. The molecule has 3 aromatic carbocycles. The molecule has 5 rings (SSSR count). The van der Waals surface area contributed by atoms with Crippen molar-refractivity contribution in [3.8, 4) is 5.75 Å². The van der Waals surface area contributed by atoms with E-state index in [2.05, 4.69) is 27.6 Å². The van der Waals surface area contributed by atoms with Crippen molar-refractivity contribution in [1.29, 1.82) is 0 Å². The Labute approximate surface area is 258 Å². The number of hydrogen-bond donors (Lipinski definition) is 0. The van der Waals surface area contributed by atoms with Gasteiger partial charge < -0.3 is 9.47 Å². The highest BCUT2D eigenvalue weighted by Crippen LogP contribution is 2.31. The summed E-state index contributed by atoms with van der Waals surface area (Å²) in [6, 6.07) is 19.0. The summed E-state index contributed by atoms with van der Waals surface area (Å²) in [5.41, 5.74) is 3.97. The van der Waals surface area contributed by atoms with Gasteiger partial charge in [-0.25, -0.2) is 9.79 Å². The third-order valence-electron chi connectivity index (χ3n) is 6.68. The fourth-order valence-electron chi connectivity index (χ4n) is 4.65. The number of allylic oxidation sites excluding steroid dienone is 1. The highest BCUT2D eigenvalue weighted by molar-refractivity contribution is 14.1. The Balaban J connectivity index is 1.49. The van der Waals surface area contributed by atoms with Gasteiger partial charge in [-0.15, -0.1) is 0 Å². The molecule has 0 amide bonds. The van der Waals surface area contributed by atoms with Gasteiger partial charge in [0.05, 0.1) is 36.9 Å². The van der Waals surface area contributed by atoms with Crippen LogP contribution < -0.4 is 19.6 Å². The number of carbonyl (C=O) groups excluding carboxylic acids is 1. The Morgan fingerprint density at radius 3 is 2.60 bits per heavy atom. The first-order valence-electron chi connectivity index (χ1n) is 13.1. The molecule has 214 valence electrons. The Hall–Kier alpha value is -4.10. The lowest BCUT2D eigenvalue weighted by Crippen LogP contribution is -2.39. The van der Waals surface area contributed by atoms with Crippen LogP contribution >= 0.6 is 33.9 Å². The minimum atomic E-state index is -0.659. The highest BCUT2D eigenvalue weighted by atomic mass is 127. The van der Waals surface area contributed by atoms with Gasteiger partial charge in [-0.05, 0) is 78.3 Å². The van der Waals surface area contributed by atoms with Gasteiger partial charge in [-0.1, -0.05) is 59.4 Å². The summed E-state index contributed by atoms with van der Waals surface area (Å²) in [5.74, 6) is 0.128. The van der Waals surface area contributed by atoms with Gasteiger partial charge in [0.15, 0.2) is 4.80 Å². The monoisotopic (exact) mass is 695 g/mol. The number of non-ortho nitro benzene ring substituents is 1. The Bertz CT molecular complexity index is 1910. The number of aryl methyl sites for hydroxylation is 1. The van der Waals surface area contributed by atoms with Gasteiger partial charge in [-0.2, -0.15) is 0 Å². The van der Waals surface area contributed by atoms with Crippen LogP contribution in [-0.2, 0) is 16.1 Å². The van der Waals surface area contributed by atoms with E-state index in [1.54, 1.807) is 42.7 Å². The number of ether oxygens (including phenoxy) is 2. The van der Waals surface area contributed by atoms with E-state index in [1.807, 2.05) is 43.3 Å². The summed E-state index contributed by atoms with van der Waals surface area (Å²) in [4.78, 5) is 42.6. The first kappa shape index (κ1) is 29.4. The van der Waals surface area contributed by atoms with Crippen molar-refractivity contribution >= 4 is 51.7 Å². The number of hydrogen-bond acceptors (Lipinski definition) is 8. The van der Waals surface area contributed by atoms with E-state index in [1.165, 1.54) is 23.5 Å². The van der Waals surface area contributed by atoms with Crippen LogP contribution in [0.3, 0.4) is 0 Å². The Morgan fingerprint density at radius 1 is 1.14 bits per heavy atom. The Kier molecular flexibility index (Phi) is 8.69. The molecule has 0 bridgehead atoms. The molecule has 0 radical (unpaired) electrons. The van der Waals surface area contributed by atoms with Crippen molar-refractivity contribution in [3.63, 3.8) is 0 Å². The number of rotatable bonds is 8. The second-order valence-electron chi connectivity index (χ2n) is 9.62. The van der Waals surface area contributed by atoms with Crippen LogP contribution in [0.5, 0.6) is 5.75 Å². The first-order valence-corrected chi connectivity index (χ1v) is 15.0. The smallest absolute Gasteiger partial charge is 0.338 e. The average Bonchev–Trinajstić information content (AvgIpc) is 3.26. The third kappa shape index (κ3) is 6.07. The van der Waals surface area contributed by atoms with Crippen LogP contribution in [0.1, 0.15) is 42.1 Å². The van der Waals surface area contributed by atoms with Crippen LogP contribution in [0.4, 0.5) is 5.69 Å². The topological polar surface area (TPSA) is 113 Å². The summed E-state index contributed by atoms with van der Waals surface area (Å²) in [6.45, 7) is 5.88. The standard InChI is InChI=1S/C31H26IN3O6S/c1-4-40-30(37)27-19(3)33-31-34(28(27)22-11-8-18(2)9-12-22)29(36)26(42-31)16-20-10-13-25(24(32)15-20)41-17-21-6-5-7-23(14-21)35(38)39/h5-16,28H,4,17H2,1-3H3/b26-16+/t28-/m0/s1. The SMILES string of the molecule is CCOC(=O)C1=C(C)N=c2s/c(=C/c3ccc(OCc4cccc([N+](=O)[O-])c4)c(I)c3)c(=O)n2[C@H]1c1ccc(C)cc1. The predicted octanol–water partition coefficient (Wildman–Crippen LogP) is 5.20. The molecule has 0 aliphatic carbocycles. The fraction of sp³-hybridized carbons (Fsp3) is 0.194. The molecule has 0 unspecified atom stereocenters. The number of halogens is 1. The van der Waals surface area contributed by atoms with Gasteiger partial charge in [0.25, 0.3) is 11.2 Å². The molecule has 1 aliphatic heterocycles. The molecule has 42 heavy (non-hydrogen) atoms. The van der Waals surface area contributed by atoms with Crippen molar-refractivity contribution in [2.45, 2.75) is 33.4 Å². The minimum absolute atomic E-state index is 0.0109. The maximum absolute atomic E-state index is 13.8. The number of nitro benzene ring substituents is 1. The predicted molar refractivity (Wildman–Crippen MR) is 168 cm³/mol. The maximum atomic E-state index is 13.8. The molecule has 1 aliphatic rings. The van der Waals surface area contributed by atoms with E-state index in [4.69, 9.17) is 9.47 Å². The van der Waals surface area contributed by atoms with Crippen molar-refractivity contribution in [2.24, 2.45) is 4.99 Å². The van der Waals surface area contributed by atoms with Gasteiger partial charge in [0.2, 0.25) is 0 Å². The Morgan fingerprint density at radius 2 is 1.90 bits per heavy atom. The van der Waals surface area contributed by atoms with E-state index in [9.17, 15) is 19.7 Å². The van der Waals surface area contributed by atoms with E-state index in [0.29, 0.717) is 31.9 Å². The van der Waals surface area contributed by atoms with Crippen LogP contribution in [0.2, 0.25) is 0 Å². The van der Waals surface area contributed by atoms with Gasteiger partial charge in [0.1, 0.15) is 12.4 Å². The number of esters is 1. The molecule has 1 aromatic heterocycles. The summed E-state index contributed by atoms with van der Waals surface area (Å²) >= 11 is 3.42. The molecule has 0 spiro atoms. The van der Waals surface area contributed by atoms with Crippen molar-refractivity contribution in [1.82, 2.24) is 4.57 Å². The quantitative estimate of drug-likeness (QED) is 0.109. The van der Waals surface area contributed by atoms with Gasteiger partial charge in [0, 0.05) is 12.1 Å². The third-order valence-corrected chi connectivity index (χ3v) is 8.51. The summed E-state index contributed by atoms with van der Waals surface area (Å²) in [7, 11) is 0. The summed E-state index contributed by atoms with van der Waals surface area (Å²) in [6.07, 6.45) is 1.80. The molecule has 11 heteroatoms. The molecule has 4 aromatic rings. The van der Waals surface area contributed by atoms with E-state index >= 15 is 0 Å². The number of thiazole rings is 1. The highest BCUT2D eigenvalue weighted by Gasteiger charge is 2.33. The van der Waals surface area contributed by atoms with Crippen molar-refractivity contribution < 1.29 is 19.2 Å². The minimum Gasteiger partial charge on any atom is -0.488 e. The van der Waals surface area contributed by atoms with Crippen LogP contribution in [0, 0.1) is 20.6 Å². The van der Waals surface area contributed by atoms with Gasteiger partial charge in [-0.3, -0.25) is 19.5 Å². The van der Waals surface area contributed by atoms with Crippen molar-refractivity contribution in [3.05, 3.63) is 134 Å². The normalized spacial score (nSPS) is 14.8. The molecule has 2 heterocycles. The molecule has 0 N–H and O–H groups in total. The van der Waals surface area contributed by atoms with Crippen LogP contribution in [0.25, 0.3) is 6.08 Å². The lowest BCUT2D eigenvalue weighted by Gasteiger charge is -2.24. The summed E-state index contributed by atoms with van der Waals surface area (Å²) in [5, 5.41) is 11.1. The zero-order chi connectivity index (χ0) is 30.0. The lowest BCUT2D eigenvalue weighted by atomic mass is 9.95. The second kappa shape index (κ2) is 12.4. The largest absolute Gasteiger partial charge is 0.488 e. The second-order valence-corrected chi connectivity index (χ2v) is 11.8. The molecule has 1 atom stereocenters. The van der Waals surface area contributed by atoms with Crippen molar-refractivity contribution in [2.75, 3.05) is 6.61 Å². The zero-order valence-corrected chi connectivity index (χ0v) is 26.0. The molecule has 0 saturated heterocycles. The van der Waals surface area contributed by atoms with Crippen LogP contribution in [0.15, 0.2) is 87.8 Å². The zero-order valence-electron chi connectivity index (χ0n) is 23.0. The summed E-state index contributed by atoms with van der Waals surface area (Å²) < 4.78 is 14.1. The number of nitrogens with zero attached hydrogens (tertiary/aromatic N) is 3. The van der Waals surface area contributed by atoms with E-state index in [-0.39, 0.29) is 24.5 Å². The van der Waals surface area contributed by atoms with E-state index in [0.717, 1.165) is 20.3 Å². The number of nitro groups is 1. The lowest BCUT2D eigenvalue weighted by molar-refractivity contribution is -0.384. The number of benzene rings is 3. The van der Waals surface area contributed by atoms with Crippen LogP contribution in [-0.4, -0.2) is 22.1 Å². The molecule has 0 saturated carbocycles. The average molecular weight is 696 g/mol. The first-order chi connectivity index (χ1) is 20.2.